The maximum atomic E-state index is 5.10. The molecular weight excluding hydrogens is 250 g/mol. The summed E-state index contributed by atoms with van der Waals surface area (Å²) >= 11 is 0. The van der Waals surface area contributed by atoms with Crippen LogP contribution in [-0.2, 0) is 17.8 Å². The summed E-state index contributed by atoms with van der Waals surface area (Å²) in [5.74, 6) is 0. The Bertz CT molecular complexity index is 521. The van der Waals surface area contributed by atoms with Crippen molar-refractivity contribution < 1.29 is 4.74 Å². The number of hydrogen-bond acceptors (Lipinski definition) is 3. The minimum absolute atomic E-state index is 0.824. The largest absolute Gasteiger partial charge is 0.385 e. The predicted molar refractivity (Wildman–Crippen MR) is 82.8 cm³/mol. The number of methoxy groups -OCH3 is 1. The molecule has 2 rings (SSSR count). The van der Waals surface area contributed by atoms with Crippen molar-refractivity contribution in [2.75, 3.05) is 20.3 Å². The van der Waals surface area contributed by atoms with Gasteiger partial charge in [0.25, 0.3) is 0 Å². The highest BCUT2D eigenvalue weighted by atomic mass is 16.5. The molecule has 2 aromatic rings. The van der Waals surface area contributed by atoms with E-state index in [1.165, 1.54) is 10.9 Å². The van der Waals surface area contributed by atoms with Gasteiger partial charge in [-0.25, -0.2) is 0 Å². The van der Waals surface area contributed by atoms with E-state index in [0.29, 0.717) is 0 Å². The molecule has 110 valence electrons. The van der Waals surface area contributed by atoms with Crippen molar-refractivity contribution in [3.05, 3.63) is 30.0 Å². The van der Waals surface area contributed by atoms with Gasteiger partial charge in [-0.1, -0.05) is 25.1 Å². The van der Waals surface area contributed by atoms with Crippen LogP contribution >= 0.6 is 0 Å². The molecule has 0 aliphatic heterocycles. The summed E-state index contributed by atoms with van der Waals surface area (Å²) < 4.78 is 7.23. The van der Waals surface area contributed by atoms with Crippen molar-refractivity contribution in [1.29, 1.82) is 0 Å². The highest BCUT2D eigenvalue weighted by molar-refractivity contribution is 5.81. The lowest BCUT2D eigenvalue weighted by Gasteiger charge is -2.03. The van der Waals surface area contributed by atoms with E-state index in [1.54, 1.807) is 7.11 Å². The van der Waals surface area contributed by atoms with Gasteiger partial charge in [-0.3, -0.25) is 4.68 Å². The first kappa shape index (κ1) is 15.0. The van der Waals surface area contributed by atoms with Crippen LogP contribution in [0.5, 0.6) is 0 Å². The molecule has 0 fully saturated rings. The van der Waals surface area contributed by atoms with Gasteiger partial charge in [-0.2, -0.15) is 5.10 Å². The van der Waals surface area contributed by atoms with Crippen LogP contribution in [0.4, 0.5) is 0 Å². The summed E-state index contributed by atoms with van der Waals surface area (Å²) in [6, 6.07) is 8.49. The monoisotopic (exact) mass is 275 g/mol. The number of aryl methyl sites for hydroxylation is 1. The van der Waals surface area contributed by atoms with Crippen LogP contribution in [0.15, 0.2) is 24.3 Å². The number of nitrogens with zero attached hydrogens (tertiary/aromatic N) is 2. The second-order valence-electron chi connectivity index (χ2n) is 5.06. The van der Waals surface area contributed by atoms with Gasteiger partial charge < -0.3 is 10.1 Å². The fraction of sp³-hybridized carbons (Fsp3) is 0.562. The van der Waals surface area contributed by atoms with Gasteiger partial charge in [0, 0.05) is 32.2 Å². The number of benzene rings is 1. The maximum absolute atomic E-state index is 5.10. The second kappa shape index (κ2) is 8.02. The van der Waals surface area contributed by atoms with Crippen molar-refractivity contribution in [1.82, 2.24) is 15.1 Å². The van der Waals surface area contributed by atoms with Crippen LogP contribution in [0, 0.1) is 0 Å². The number of fused-ring (bicyclic) bond motifs is 1. The first-order valence-corrected chi connectivity index (χ1v) is 7.51. The molecule has 0 atom stereocenters. The third-order valence-electron chi connectivity index (χ3n) is 3.42. The molecule has 0 bridgehead atoms. The number of hydrogen-bond donors (Lipinski definition) is 1. The molecule has 0 unspecified atom stereocenters. The van der Waals surface area contributed by atoms with Crippen LogP contribution in [0.1, 0.15) is 31.9 Å². The third-order valence-corrected chi connectivity index (χ3v) is 3.42. The summed E-state index contributed by atoms with van der Waals surface area (Å²) in [6.07, 6.45) is 3.32. The lowest BCUT2D eigenvalue weighted by molar-refractivity contribution is 0.191. The van der Waals surface area contributed by atoms with Gasteiger partial charge in [0.05, 0.1) is 11.2 Å². The molecule has 0 spiro atoms. The van der Waals surface area contributed by atoms with Crippen molar-refractivity contribution in [3.8, 4) is 0 Å². The number of aromatic nitrogens is 2. The summed E-state index contributed by atoms with van der Waals surface area (Å²) in [4.78, 5) is 0. The standard InChI is InChI=1S/C16H25N3O/c1-3-10-17-13-15-14-8-4-5-9-16(14)19(18-15)11-6-7-12-20-2/h4-5,8-9,17H,3,6-7,10-13H2,1-2H3. The van der Waals surface area contributed by atoms with Crippen LogP contribution in [0.25, 0.3) is 10.9 Å². The van der Waals surface area contributed by atoms with E-state index in [4.69, 9.17) is 9.84 Å². The van der Waals surface area contributed by atoms with Crippen molar-refractivity contribution in [3.63, 3.8) is 0 Å². The SMILES string of the molecule is CCCNCc1nn(CCCCOC)c2ccccc12. The van der Waals surface area contributed by atoms with E-state index < -0.39 is 0 Å². The maximum Gasteiger partial charge on any atom is 0.0841 e. The Labute approximate surface area is 121 Å². The molecule has 0 aliphatic carbocycles. The molecular formula is C16H25N3O. The zero-order valence-corrected chi connectivity index (χ0v) is 12.6. The van der Waals surface area contributed by atoms with Gasteiger partial charge in [-0.05, 0) is 31.9 Å². The highest BCUT2D eigenvalue weighted by Gasteiger charge is 2.09. The molecule has 0 saturated carbocycles. The Balaban J connectivity index is 2.09. The molecule has 4 nitrogen and oxygen atoms in total. The average molecular weight is 275 g/mol. The van der Waals surface area contributed by atoms with E-state index in [2.05, 4.69) is 41.2 Å². The smallest absolute Gasteiger partial charge is 0.0841 e. The first-order valence-electron chi connectivity index (χ1n) is 7.51. The molecule has 1 aromatic carbocycles. The Morgan fingerprint density at radius 2 is 2.10 bits per heavy atom. The second-order valence-corrected chi connectivity index (χ2v) is 5.06. The number of rotatable bonds is 9. The first-order chi connectivity index (χ1) is 9.86. The van der Waals surface area contributed by atoms with E-state index in [-0.39, 0.29) is 0 Å². The average Bonchev–Trinajstić information content (AvgIpc) is 2.83. The van der Waals surface area contributed by atoms with Crippen molar-refractivity contribution >= 4 is 10.9 Å². The third kappa shape index (κ3) is 3.81. The number of nitrogens with one attached hydrogen (secondary N) is 1. The molecule has 1 N–H and O–H groups in total. The van der Waals surface area contributed by atoms with E-state index in [0.717, 1.165) is 51.2 Å². The topological polar surface area (TPSA) is 39.1 Å². The zero-order chi connectivity index (χ0) is 14.2. The van der Waals surface area contributed by atoms with Crippen LogP contribution in [-0.4, -0.2) is 30.0 Å². The number of para-hydroxylation sites is 1. The fourth-order valence-electron chi connectivity index (χ4n) is 2.39. The van der Waals surface area contributed by atoms with Crippen molar-refractivity contribution in [2.45, 2.75) is 39.3 Å². The Morgan fingerprint density at radius 1 is 1.25 bits per heavy atom. The molecule has 0 radical (unpaired) electrons. The molecule has 0 aliphatic rings. The fourth-order valence-corrected chi connectivity index (χ4v) is 2.39. The van der Waals surface area contributed by atoms with Crippen LogP contribution in [0.2, 0.25) is 0 Å². The molecule has 1 heterocycles. The molecule has 0 saturated heterocycles. The van der Waals surface area contributed by atoms with Crippen molar-refractivity contribution in [2.24, 2.45) is 0 Å². The quantitative estimate of drug-likeness (QED) is 0.715. The minimum atomic E-state index is 0.824. The molecule has 0 amide bonds. The van der Waals surface area contributed by atoms with Gasteiger partial charge >= 0.3 is 0 Å². The molecule has 4 heteroatoms. The number of unbranched alkanes of at least 4 members (excludes halogenated alkanes) is 1. The van der Waals surface area contributed by atoms with E-state index in [1.807, 2.05) is 0 Å². The van der Waals surface area contributed by atoms with E-state index >= 15 is 0 Å². The Kier molecular flexibility index (Phi) is 6.02. The van der Waals surface area contributed by atoms with Crippen LogP contribution < -0.4 is 5.32 Å². The molecule has 20 heavy (non-hydrogen) atoms. The Morgan fingerprint density at radius 3 is 2.90 bits per heavy atom. The highest BCUT2D eigenvalue weighted by Crippen LogP contribution is 2.18. The van der Waals surface area contributed by atoms with Crippen LogP contribution in [0.3, 0.4) is 0 Å². The normalized spacial score (nSPS) is 11.3. The van der Waals surface area contributed by atoms with E-state index in [9.17, 15) is 0 Å². The van der Waals surface area contributed by atoms with Gasteiger partial charge in [0.2, 0.25) is 0 Å². The lowest BCUT2D eigenvalue weighted by atomic mass is 10.2. The predicted octanol–water partition coefficient (Wildman–Crippen LogP) is 2.96. The molecule has 1 aromatic heterocycles. The summed E-state index contributed by atoms with van der Waals surface area (Å²) in [5, 5.41) is 9.48. The number of ether oxygens (including phenoxy) is 1. The minimum Gasteiger partial charge on any atom is -0.385 e. The summed E-state index contributed by atoms with van der Waals surface area (Å²) in [7, 11) is 1.75. The summed E-state index contributed by atoms with van der Waals surface area (Å²) in [6.45, 7) is 5.84. The van der Waals surface area contributed by atoms with Gasteiger partial charge in [0.15, 0.2) is 0 Å². The lowest BCUT2D eigenvalue weighted by Crippen LogP contribution is -2.14. The van der Waals surface area contributed by atoms with Gasteiger partial charge in [0.1, 0.15) is 0 Å². The Hall–Kier alpha value is -1.39. The zero-order valence-electron chi connectivity index (χ0n) is 12.6. The summed E-state index contributed by atoms with van der Waals surface area (Å²) in [5.41, 5.74) is 2.39. The van der Waals surface area contributed by atoms with Gasteiger partial charge in [-0.15, -0.1) is 0 Å².